The van der Waals surface area contributed by atoms with Crippen LogP contribution < -0.4 is 5.32 Å². The van der Waals surface area contributed by atoms with Gasteiger partial charge < -0.3 is 15.0 Å². The third kappa shape index (κ3) is 3.71. The van der Waals surface area contributed by atoms with Crippen LogP contribution in [0.4, 0.5) is 0 Å². The molecule has 0 saturated heterocycles. The van der Waals surface area contributed by atoms with Crippen molar-refractivity contribution in [2.75, 3.05) is 6.54 Å². The second-order valence-electron chi connectivity index (χ2n) is 4.29. The minimum atomic E-state index is -0.978. The van der Waals surface area contributed by atoms with Crippen LogP contribution in [0.3, 0.4) is 0 Å². The lowest BCUT2D eigenvalue weighted by atomic mass is 10.3. The standard InChI is InChI=1S/C13H16N4O3/c18-12(19)10-16-7-1-4-11(16)13(20)14-5-2-8-17-9-3-6-15-17/h1,3-4,6-7,9H,2,5,8,10H2,(H,14,20)(H,18,19). The van der Waals surface area contributed by atoms with Gasteiger partial charge >= 0.3 is 5.97 Å². The molecule has 2 aromatic heterocycles. The largest absolute Gasteiger partial charge is 0.480 e. The summed E-state index contributed by atoms with van der Waals surface area (Å²) in [6, 6.07) is 5.10. The van der Waals surface area contributed by atoms with Crippen molar-refractivity contribution in [3.8, 4) is 0 Å². The highest BCUT2D eigenvalue weighted by Crippen LogP contribution is 2.02. The molecule has 0 aliphatic rings. The molecular weight excluding hydrogens is 260 g/mol. The minimum Gasteiger partial charge on any atom is -0.480 e. The van der Waals surface area contributed by atoms with Gasteiger partial charge in [0.1, 0.15) is 12.2 Å². The predicted molar refractivity (Wildman–Crippen MR) is 71.2 cm³/mol. The lowest BCUT2D eigenvalue weighted by Crippen LogP contribution is -2.28. The predicted octanol–water partition coefficient (Wildman–Crippen LogP) is 0.589. The first-order valence-corrected chi connectivity index (χ1v) is 6.29. The molecule has 0 aromatic carbocycles. The van der Waals surface area contributed by atoms with Crippen LogP contribution in [0.15, 0.2) is 36.8 Å². The van der Waals surface area contributed by atoms with Crippen molar-refractivity contribution in [2.24, 2.45) is 0 Å². The summed E-state index contributed by atoms with van der Waals surface area (Å²) in [5.74, 6) is -1.24. The number of carboxylic acids is 1. The van der Waals surface area contributed by atoms with E-state index >= 15 is 0 Å². The monoisotopic (exact) mass is 276 g/mol. The van der Waals surface area contributed by atoms with Crippen LogP contribution in [0.1, 0.15) is 16.9 Å². The zero-order chi connectivity index (χ0) is 14.4. The normalized spacial score (nSPS) is 10.4. The van der Waals surface area contributed by atoms with Crippen LogP contribution in [0, 0.1) is 0 Å². The van der Waals surface area contributed by atoms with Crippen molar-refractivity contribution >= 4 is 11.9 Å². The third-order valence-corrected chi connectivity index (χ3v) is 2.78. The van der Waals surface area contributed by atoms with E-state index in [1.165, 1.54) is 4.57 Å². The van der Waals surface area contributed by atoms with Crippen LogP contribution in [0.25, 0.3) is 0 Å². The molecule has 0 fully saturated rings. The number of rotatable bonds is 7. The van der Waals surface area contributed by atoms with Gasteiger partial charge in [-0.05, 0) is 24.6 Å². The van der Waals surface area contributed by atoms with E-state index in [1.54, 1.807) is 29.2 Å². The van der Waals surface area contributed by atoms with Crippen molar-refractivity contribution in [3.05, 3.63) is 42.5 Å². The van der Waals surface area contributed by atoms with Crippen LogP contribution >= 0.6 is 0 Å². The molecule has 20 heavy (non-hydrogen) atoms. The Labute approximate surface area is 115 Å². The average Bonchev–Trinajstić information content (AvgIpc) is 3.04. The third-order valence-electron chi connectivity index (χ3n) is 2.78. The van der Waals surface area contributed by atoms with Gasteiger partial charge in [0.05, 0.1) is 0 Å². The van der Waals surface area contributed by atoms with Gasteiger partial charge in [0, 0.05) is 31.7 Å². The van der Waals surface area contributed by atoms with E-state index in [4.69, 9.17) is 5.11 Å². The molecule has 0 spiro atoms. The van der Waals surface area contributed by atoms with Gasteiger partial charge in [0.25, 0.3) is 5.91 Å². The summed E-state index contributed by atoms with van der Waals surface area (Å²) < 4.78 is 3.20. The molecule has 0 aliphatic carbocycles. The summed E-state index contributed by atoms with van der Waals surface area (Å²) in [5, 5.41) is 15.6. The molecule has 7 nitrogen and oxygen atoms in total. The summed E-state index contributed by atoms with van der Waals surface area (Å²) in [5.41, 5.74) is 0.353. The Morgan fingerprint density at radius 2 is 2.15 bits per heavy atom. The molecule has 0 aliphatic heterocycles. The van der Waals surface area contributed by atoms with Crippen LogP contribution in [0.5, 0.6) is 0 Å². The number of nitrogens with zero attached hydrogens (tertiary/aromatic N) is 3. The van der Waals surface area contributed by atoms with E-state index in [-0.39, 0.29) is 12.5 Å². The molecule has 106 valence electrons. The fourth-order valence-electron chi connectivity index (χ4n) is 1.87. The maximum absolute atomic E-state index is 11.9. The van der Waals surface area contributed by atoms with E-state index in [2.05, 4.69) is 10.4 Å². The number of hydrogen-bond donors (Lipinski definition) is 2. The number of amides is 1. The lowest BCUT2D eigenvalue weighted by molar-refractivity contribution is -0.137. The Bertz CT molecular complexity index is 574. The number of carbonyl (C=O) groups is 2. The molecule has 7 heteroatoms. The maximum atomic E-state index is 11.9. The van der Waals surface area contributed by atoms with E-state index < -0.39 is 5.97 Å². The van der Waals surface area contributed by atoms with Gasteiger partial charge in [-0.1, -0.05) is 0 Å². The molecule has 2 rings (SSSR count). The topological polar surface area (TPSA) is 89.1 Å². The smallest absolute Gasteiger partial charge is 0.323 e. The minimum absolute atomic E-state index is 0.219. The number of hydrogen-bond acceptors (Lipinski definition) is 3. The highest BCUT2D eigenvalue weighted by atomic mass is 16.4. The van der Waals surface area contributed by atoms with Crippen LogP contribution in [-0.4, -0.2) is 37.9 Å². The summed E-state index contributed by atoms with van der Waals surface area (Å²) in [4.78, 5) is 22.6. The van der Waals surface area contributed by atoms with E-state index in [9.17, 15) is 9.59 Å². The molecule has 0 bridgehead atoms. The zero-order valence-corrected chi connectivity index (χ0v) is 10.9. The molecule has 0 saturated carbocycles. The number of carbonyl (C=O) groups excluding carboxylic acids is 1. The Hall–Kier alpha value is -2.57. The highest BCUT2D eigenvalue weighted by molar-refractivity contribution is 5.93. The first-order chi connectivity index (χ1) is 9.66. The van der Waals surface area contributed by atoms with Crippen molar-refractivity contribution < 1.29 is 14.7 Å². The maximum Gasteiger partial charge on any atom is 0.323 e. The Morgan fingerprint density at radius 1 is 1.30 bits per heavy atom. The quantitative estimate of drug-likeness (QED) is 0.724. The molecule has 0 atom stereocenters. The average molecular weight is 276 g/mol. The van der Waals surface area contributed by atoms with Gasteiger partial charge in [0.15, 0.2) is 0 Å². The lowest BCUT2D eigenvalue weighted by Gasteiger charge is -2.08. The second-order valence-corrected chi connectivity index (χ2v) is 4.29. The van der Waals surface area contributed by atoms with Crippen LogP contribution in [0.2, 0.25) is 0 Å². The first kappa shape index (κ1) is 13.9. The first-order valence-electron chi connectivity index (χ1n) is 6.29. The Kier molecular flexibility index (Phi) is 4.54. The van der Waals surface area contributed by atoms with Gasteiger partial charge in [-0.2, -0.15) is 5.10 Å². The fraction of sp³-hybridized carbons (Fsp3) is 0.308. The SMILES string of the molecule is O=C(O)Cn1cccc1C(=O)NCCCn1cccn1. The Balaban J connectivity index is 1.80. The molecule has 1 amide bonds. The Morgan fingerprint density at radius 3 is 2.85 bits per heavy atom. The zero-order valence-electron chi connectivity index (χ0n) is 10.9. The van der Waals surface area contributed by atoms with Gasteiger partial charge in [-0.25, -0.2) is 0 Å². The van der Waals surface area contributed by atoms with Crippen LogP contribution in [-0.2, 0) is 17.9 Å². The van der Waals surface area contributed by atoms with Crippen molar-refractivity contribution in [2.45, 2.75) is 19.5 Å². The van der Waals surface area contributed by atoms with E-state index in [0.29, 0.717) is 12.2 Å². The number of aliphatic carboxylic acids is 1. The summed E-state index contributed by atoms with van der Waals surface area (Å²) in [7, 11) is 0. The van der Waals surface area contributed by atoms with Gasteiger partial charge in [0.2, 0.25) is 0 Å². The fourth-order valence-corrected chi connectivity index (χ4v) is 1.87. The van der Waals surface area contributed by atoms with E-state index in [1.807, 2.05) is 12.3 Å². The molecule has 0 unspecified atom stereocenters. The number of aryl methyl sites for hydroxylation is 1. The summed E-state index contributed by atoms with van der Waals surface area (Å²) in [6.07, 6.45) is 5.90. The molecule has 2 heterocycles. The highest BCUT2D eigenvalue weighted by Gasteiger charge is 2.11. The van der Waals surface area contributed by atoms with Gasteiger partial charge in [-0.3, -0.25) is 14.3 Å². The van der Waals surface area contributed by atoms with Crippen molar-refractivity contribution in [1.82, 2.24) is 19.7 Å². The molecule has 0 radical (unpaired) electrons. The van der Waals surface area contributed by atoms with Crippen molar-refractivity contribution in [3.63, 3.8) is 0 Å². The summed E-state index contributed by atoms with van der Waals surface area (Å²) >= 11 is 0. The van der Waals surface area contributed by atoms with E-state index in [0.717, 1.165) is 13.0 Å². The number of aromatic nitrogens is 3. The molecular formula is C13H16N4O3. The molecule has 2 aromatic rings. The molecule has 2 N–H and O–H groups in total. The van der Waals surface area contributed by atoms with Gasteiger partial charge in [-0.15, -0.1) is 0 Å². The second kappa shape index (κ2) is 6.55. The summed E-state index contributed by atoms with van der Waals surface area (Å²) in [6.45, 7) is 1.02. The number of nitrogens with one attached hydrogen (secondary N) is 1. The number of carboxylic acid groups (broad SMARTS) is 1. The van der Waals surface area contributed by atoms with Crippen molar-refractivity contribution in [1.29, 1.82) is 0 Å².